The third-order valence-corrected chi connectivity index (χ3v) is 3.35. The number of para-hydroxylation sites is 2. The van der Waals surface area contributed by atoms with E-state index in [9.17, 15) is 9.18 Å². The van der Waals surface area contributed by atoms with Crippen LogP contribution in [0.25, 0.3) is 11.0 Å². The summed E-state index contributed by atoms with van der Waals surface area (Å²) in [7, 11) is 1.88. The van der Waals surface area contributed by atoms with E-state index in [0.717, 1.165) is 11.0 Å². The molecule has 0 aliphatic carbocycles. The molecule has 0 aliphatic rings. The average Bonchev–Trinajstić information content (AvgIpc) is 2.76. The van der Waals surface area contributed by atoms with Gasteiger partial charge in [-0.1, -0.05) is 24.3 Å². The fraction of sp³-hybridized carbons (Fsp3) is 0.125. The van der Waals surface area contributed by atoms with Gasteiger partial charge in [-0.05, 0) is 24.3 Å². The highest BCUT2D eigenvalue weighted by Gasteiger charge is 2.13. The Morgan fingerprint density at radius 2 is 2.00 bits per heavy atom. The Morgan fingerprint density at radius 1 is 1.20 bits per heavy atom. The van der Waals surface area contributed by atoms with E-state index in [1.165, 1.54) is 18.2 Å². The van der Waals surface area contributed by atoms with Gasteiger partial charge in [0.05, 0.1) is 17.5 Å². The Balaban J connectivity index is 1.93. The van der Waals surface area contributed by atoms with Crippen molar-refractivity contribution in [2.24, 2.45) is 7.05 Å². The molecule has 0 fully saturated rings. The van der Waals surface area contributed by atoms with Crippen molar-refractivity contribution in [1.82, 2.24) is 9.55 Å². The highest BCUT2D eigenvalue weighted by atomic mass is 19.1. The van der Waals surface area contributed by atoms with E-state index in [0.29, 0.717) is 11.4 Å². The fourth-order valence-corrected chi connectivity index (χ4v) is 2.26. The lowest BCUT2D eigenvalue weighted by molar-refractivity contribution is 0.0989. The van der Waals surface area contributed by atoms with Crippen LogP contribution in [0.1, 0.15) is 16.2 Å². The smallest absolute Gasteiger partial charge is 0.170 e. The molecule has 3 nitrogen and oxygen atoms in total. The predicted octanol–water partition coefficient (Wildman–Crippen LogP) is 3.14. The summed E-state index contributed by atoms with van der Waals surface area (Å²) >= 11 is 0. The molecule has 0 bridgehead atoms. The van der Waals surface area contributed by atoms with Gasteiger partial charge in [0.25, 0.3) is 0 Å². The van der Waals surface area contributed by atoms with Crippen LogP contribution in [0.5, 0.6) is 0 Å². The molecule has 3 rings (SSSR count). The van der Waals surface area contributed by atoms with E-state index in [4.69, 9.17) is 0 Å². The molecule has 20 heavy (non-hydrogen) atoms. The van der Waals surface area contributed by atoms with E-state index in [-0.39, 0.29) is 12.2 Å². The molecule has 2 aromatic carbocycles. The molecule has 100 valence electrons. The minimum atomic E-state index is -0.402. The zero-order chi connectivity index (χ0) is 14.1. The lowest BCUT2D eigenvalue weighted by atomic mass is 10.1. The number of hydrogen-bond donors (Lipinski definition) is 0. The molecule has 0 saturated heterocycles. The van der Waals surface area contributed by atoms with Crippen LogP contribution < -0.4 is 0 Å². The first-order chi connectivity index (χ1) is 9.65. The predicted molar refractivity (Wildman–Crippen MR) is 75.1 cm³/mol. The third-order valence-electron chi connectivity index (χ3n) is 3.35. The number of aromatic nitrogens is 2. The molecule has 0 saturated carbocycles. The first-order valence-corrected chi connectivity index (χ1v) is 6.34. The molecule has 0 radical (unpaired) electrons. The SMILES string of the molecule is Cn1c(CC(=O)c2cccc(F)c2)nc2ccccc21. The van der Waals surface area contributed by atoms with E-state index < -0.39 is 5.82 Å². The van der Waals surface area contributed by atoms with Crippen molar-refractivity contribution in [1.29, 1.82) is 0 Å². The van der Waals surface area contributed by atoms with E-state index in [2.05, 4.69) is 4.98 Å². The largest absolute Gasteiger partial charge is 0.331 e. The molecule has 1 aromatic heterocycles. The highest BCUT2D eigenvalue weighted by Crippen LogP contribution is 2.16. The molecule has 0 unspecified atom stereocenters. The Labute approximate surface area is 115 Å². The van der Waals surface area contributed by atoms with Crippen LogP contribution in [0.15, 0.2) is 48.5 Å². The molecular weight excluding hydrogens is 255 g/mol. The van der Waals surface area contributed by atoms with Gasteiger partial charge >= 0.3 is 0 Å². The minimum Gasteiger partial charge on any atom is -0.331 e. The number of ketones is 1. The van der Waals surface area contributed by atoms with Gasteiger partial charge in [0.1, 0.15) is 11.6 Å². The Morgan fingerprint density at radius 3 is 2.75 bits per heavy atom. The maximum atomic E-state index is 13.1. The van der Waals surface area contributed by atoms with Gasteiger partial charge in [-0.2, -0.15) is 0 Å². The number of imidazole rings is 1. The second kappa shape index (κ2) is 4.89. The Bertz CT molecular complexity index is 792. The van der Waals surface area contributed by atoms with E-state index in [1.54, 1.807) is 6.07 Å². The Kier molecular flexibility index (Phi) is 3.06. The number of carbonyl (C=O) groups is 1. The van der Waals surface area contributed by atoms with Crippen molar-refractivity contribution in [2.75, 3.05) is 0 Å². The molecule has 0 spiro atoms. The van der Waals surface area contributed by atoms with Crippen LogP contribution in [-0.2, 0) is 13.5 Å². The van der Waals surface area contributed by atoms with Gasteiger partial charge in [-0.3, -0.25) is 4.79 Å². The second-order valence-electron chi connectivity index (χ2n) is 4.69. The van der Waals surface area contributed by atoms with Crippen molar-refractivity contribution < 1.29 is 9.18 Å². The van der Waals surface area contributed by atoms with Gasteiger partial charge in [0, 0.05) is 12.6 Å². The molecule has 3 aromatic rings. The van der Waals surface area contributed by atoms with Crippen molar-refractivity contribution in [3.05, 3.63) is 65.7 Å². The van der Waals surface area contributed by atoms with Crippen LogP contribution in [0.3, 0.4) is 0 Å². The lowest BCUT2D eigenvalue weighted by Gasteiger charge is -2.02. The van der Waals surface area contributed by atoms with Gasteiger partial charge in [-0.25, -0.2) is 9.37 Å². The normalized spacial score (nSPS) is 10.9. The number of carbonyl (C=O) groups excluding carboxylic acids is 1. The number of nitrogens with zero attached hydrogens (tertiary/aromatic N) is 2. The molecule has 1 heterocycles. The zero-order valence-electron chi connectivity index (χ0n) is 11.0. The van der Waals surface area contributed by atoms with Crippen molar-refractivity contribution in [3.8, 4) is 0 Å². The highest BCUT2D eigenvalue weighted by molar-refractivity contribution is 5.97. The maximum absolute atomic E-state index is 13.1. The monoisotopic (exact) mass is 268 g/mol. The van der Waals surface area contributed by atoms with Crippen molar-refractivity contribution in [3.63, 3.8) is 0 Å². The molecule has 0 amide bonds. The van der Waals surface area contributed by atoms with Crippen molar-refractivity contribution >= 4 is 16.8 Å². The molecule has 4 heteroatoms. The topological polar surface area (TPSA) is 34.9 Å². The van der Waals surface area contributed by atoms with Gasteiger partial charge in [-0.15, -0.1) is 0 Å². The first kappa shape index (κ1) is 12.5. The summed E-state index contributed by atoms with van der Waals surface area (Å²) < 4.78 is 15.0. The lowest BCUT2D eigenvalue weighted by Crippen LogP contribution is -2.08. The summed E-state index contributed by atoms with van der Waals surface area (Å²) in [6.45, 7) is 0. The number of Topliss-reactive ketones (excluding diaryl/α,β-unsaturated/α-hetero) is 1. The van der Waals surface area contributed by atoms with E-state index >= 15 is 0 Å². The number of aryl methyl sites for hydroxylation is 1. The summed E-state index contributed by atoms with van der Waals surface area (Å²) in [5.41, 5.74) is 2.21. The van der Waals surface area contributed by atoms with Crippen LogP contribution in [-0.4, -0.2) is 15.3 Å². The number of benzene rings is 2. The van der Waals surface area contributed by atoms with Crippen LogP contribution in [0, 0.1) is 5.82 Å². The van der Waals surface area contributed by atoms with Crippen molar-refractivity contribution in [2.45, 2.75) is 6.42 Å². The summed E-state index contributed by atoms with van der Waals surface area (Å²) in [5.74, 6) is 0.143. The number of rotatable bonds is 3. The van der Waals surface area contributed by atoms with Crippen LogP contribution >= 0.6 is 0 Å². The summed E-state index contributed by atoms with van der Waals surface area (Å²) in [4.78, 5) is 16.6. The summed E-state index contributed by atoms with van der Waals surface area (Å²) in [5, 5.41) is 0. The molecule has 0 N–H and O–H groups in total. The first-order valence-electron chi connectivity index (χ1n) is 6.34. The van der Waals surface area contributed by atoms with Crippen LogP contribution in [0.2, 0.25) is 0 Å². The zero-order valence-corrected chi connectivity index (χ0v) is 11.0. The minimum absolute atomic E-state index is 0.136. The summed E-state index contributed by atoms with van der Waals surface area (Å²) in [6, 6.07) is 13.4. The van der Waals surface area contributed by atoms with Gasteiger partial charge in [0.15, 0.2) is 5.78 Å². The van der Waals surface area contributed by atoms with Gasteiger partial charge in [0.2, 0.25) is 0 Å². The van der Waals surface area contributed by atoms with Crippen LogP contribution in [0.4, 0.5) is 4.39 Å². The van der Waals surface area contributed by atoms with E-state index in [1.807, 2.05) is 35.9 Å². The average molecular weight is 268 g/mol. The maximum Gasteiger partial charge on any atom is 0.170 e. The molecule has 0 aliphatic heterocycles. The second-order valence-corrected chi connectivity index (χ2v) is 4.69. The number of hydrogen-bond acceptors (Lipinski definition) is 2. The fourth-order valence-electron chi connectivity index (χ4n) is 2.26. The van der Waals surface area contributed by atoms with Gasteiger partial charge < -0.3 is 4.57 Å². The number of fused-ring (bicyclic) bond motifs is 1. The number of halogens is 1. The quantitative estimate of drug-likeness (QED) is 0.684. The molecule has 0 atom stereocenters. The Hall–Kier alpha value is -2.49. The molecular formula is C16H13FN2O. The standard InChI is InChI=1S/C16H13FN2O/c1-19-14-8-3-2-7-13(14)18-16(19)10-15(20)11-5-4-6-12(17)9-11/h2-9H,10H2,1H3. The summed E-state index contributed by atoms with van der Waals surface area (Å²) in [6.07, 6.45) is 0.161. The third kappa shape index (κ3) is 2.20.